The number of aliphatic hydroxyl groups is 1. The minimum atomic E-state index is -0.256. The molecule has 0 radical (unpaired) electrons. The fourth-order valence-corrected chi connectivity index (χ4v) is 3.28. The average Bonchev–Trinajstić information content (AvgIpc) is 2.88. The summed E-state index contributed by atoms with van der Waals surface area (Å²) < 4.78 is 5.41. The Balaban J connectivity index is 1.67. The quantitative estimate of drug-likeness (QED) is 0.830. The molecule has 1 N–H and O–H groups in total. The van der Waals surface area contributed by atoms with Crippen LogP contribution in [0.1, 0.15) is 12.5 Å². The van der Waals surface area contributed by atoms with Crippen molar-refractivity contribution in [1.82, 2.24) is 9.88 Å². The fraction of sp³-hybridized carbons (Fsp3) is 0.500. The molecule has 0 bridgehead atoms. The van der Waals surface area contributed by atoms with E-state index in [1.807, 2.05) is 31.3 Å². The summed E-state index contributed by atoms with van der Waals surface area (Å²) in [5, 5.41) is 11.6. The largest absolute Gasteiger partial charge is 0.391 e. The van der Waals surface area contributed by atoms with E-state index in [2.05, 4.69) is 22.0 Å². The molecule has 1 saturated heterocycles. The van der Waals surface area contributed by atoms with Crippen LogP contribution in [-0.4, -0.2) is 53.9 Å². The van der Waals surface area contributed by atoms with Gasteiger partial charge in [-0.25, -0.2) is 0 Å². The number of ether oxygens (including phenoxy) is 1. The van der Waals surface area contributed by atoms with Gasteiger partial charge in [-0.1, -0.05) is 18.2 Å². The highest BCUT2D eigenvalue weighted by atomic mass is 16.5. The number of aromatic nitrogens is 1. The number of nitrogens with zero attached hydrogens (tertiary/aromatic N) is 2. The van der Waals surface area contributed by atoms with Crippen molar-refractivity contribution in [1.29, 1.82) is 0 Å². The molecule has 1 fully saturated rings. The smallest absolute Gasteiger partial charge is 0.0710 e. The van der Waals surface area contributed by atoms with Crippen LogP contribution in [0.4, 0.5) is 0 Å². The van der Waals surface area contributed by atoms with E-state index in [1.165, 1.54) is 10.9 Å². The summed E-state index contributed by atoms with van der Waals surface area (Å²) in [6, 6.07) is 10.3. The average molecular weight is 300 g/mol. The lowest BCUT2D eigenvalue weighted by Gasteiger charge is -2.16. The molecular formula is C18H24N2O2. The van der Waals surface area contributed by atoms with Crippen LogP contribution in [0.5, 0.6) is 0 Å². The van der Waals surface area contributed by atoms with Crippen molar-refractivity contribution in [3.63, 3.8) is 0 Å². The monoisotopic (exact) mass is 300 g/mol. The van der Waals surface area contributed by atoms with Crippen LogP contribution >= 0.6 is 0 Å². The topological polar surface area (TPSA) is 45.6 Å². The molecule has 1 aromatic heterocycles. The van der Waals surface area contributed by atoms with Gasteiger partial charge in [0.25, 0.3) is 0 Å². The van der Waals surface area contributed by atoms with Gasteiger partial charge in [0.2, 0.25) is 0 Å². The zero-order chi connectivity index (χ0) is 15.4. The molecule has 0 spiro atoms. The predicted octanol–water partition coefficient (Wildman–Crippen LogP) is 2.11. The maximum atomic E-state index is 10.4. The first-order valence-corrected chi connectivity index (χ1v) is 8.08. The molecule has 22 heavy (non-hydrogen) atoms. The molecule has 2 atom stereocenters. The Morgan fingerprint density at radius 2 is 2.14 bits per heavy atom. The van der Waals surface area contributed by atoms with E-state index in [-0.39, 0.29) is 12.0 Å². The van der Waals surface area contributed by atoms with E-state index in [0.29, 0.717) is 0 Å². The standard InChI is InChI=1S/C18H24N2O2/c1-2-22-10-9-20-12-15(18(21)13-20)11-14-7-8-19-17-6-4-3-5-16(14)17/h3-8,15,18,21H,2,9-13H2,1H3/t15-,18+/m1/s1. The lowest BCUT2D eigenvalue weighted by Crippen LogP contribution is -2.26. The Labute approximate surface area is 131 Å². The molecule has 4 nitrogen and oxygen atoms in total. The molecule has 0 amide bonds. The third-order valence-electron chi connectivity index (χ3n) is 4.46. The normalized spacial score (nSPS) is 22.5. The van der Waals surface area contributed by atoms with Gasteiger partial charge >= 0.3 is 0 Å². The maximum Gasteiger partial charge on any atom is 0.0710 e. The van der Waals surface area contributed by atoms with Gasteiger partial charge < -0.3 is 9.84 Å². The van der Waals surface area contributed by atoms with Crippen LogP contribution in [0.25, 0.3) is 10.9 Å². The number of β-amino-alcohol motifs (C(OH)–C–C–N with tert-alkyl or cyclic N) is 1. The molecule has 0 saturated carbocycles. The van der Waals surface area contributed by atoms with Gasteiger partial charge in [0.15, 0.2) is 0 Å². The van der Waals surface area contributed by atoms with Crippen LogP contribution < -0.4 is 0 Å². The zero-order valence-corrected chi connectivity index (χ0v) is 13.1. The summed E-state index contributed by atoms with van der Waals surface area (Å²) in [5.74, 6) is 0.285. The van der Waals surface area contributed by atoms with Crippen molar-refractivity contribution in [2.75, 3.05) is 32.8 Å². The van der Waals surface area contributed by atoms with Crippen molar-refractivity contribution in [3.8, 4) is 0 Å². The van der Waals surface area contributed by atoms with Gasteiger partial charge in [-0.15, -0.1) is 0 Å². The Morgan fingerprint density at radius 3 is 3.00 bits per heavy atom. The van der Waals surface area contributed by atoms with Gasteiger partial charge in [-0.05, 0) is 31.0 Å². The number of likely N-dealkylation sites (tertiary alicyclic amines) is 1. The van der Waals surface area contributed by atoms with Crippen LogP contribution in [0.2, 0.25) is 0 Å². The van der Waals surface area contributed by atoms with E-state index in [1.54, 1.807) is 0 Å². The summed E-state index contributed by atoms with van der Waals surface area (Å²) in [7, 11) is 0. The molecule has 2 aromatic rings. The van der Waals surface area contributed by atoms with Crippen LogP contribution in [0.3, 0.4) is 0 Å². The summed E-state index contributed by atoms with van der Waals surface area (Å²) in [6.07, 6.45) is 2.51. The summed E-state index contributed by atoms with van der Waals surface area (Å²) >= 11 is 0. The summed E-state index contributed by atoms with van der Waals surface area (Å²) in [4.78, 5) is 6.71. The minimum absolute atomic E-state index is 0.256. The zero-order valence-electron chi connectivity index (χ0n) is 13.1. The third kappa shape index (κ3) is 3.46. The van der Waals surface area contributed by atoms with Crippen LogP contribution in [0.15, 0.2) is 36.5 Å². The highest BCUT2D eigenvalue weighted by Crippen LogP contribution is 2.25. The van der Waals surface area contributed by atoms with Gasteiger partial charge in [-0.2, -0.15) is 0 Å². The van der Waals surface area contributed by atoms with Gasteiger partial charge in [0.1, 0.15) is 0 Å². The second-order valence-electron chi connectivity index (χ2n) is 5.98. The first-order valence-electron chi connectivity index (χ1n) is 8.08. The van der Waals surface area contributed by atoms with E-state index in [4.69, 9.17) is 4.74 Å². The highest BCUT2D eigenvalue weighted by molar-refractivity contribution is 5.81. The number of fused-ring (bicyclic) bond motifs is 1. The second kappa shape index (κ2) is 7.18. The Hall–Kier alpha value is -1.49. The molecule has 4 heteroatoms. The Bertz CT molecular complexity index is 612. The molecule has 1 aromatic carbocycles. The highest BCUT2D eigenvalue weighted by Gasteiger charge is 2.31. The van der Waals surface area contributed by atoms with E-state index in [0.717, 1.165) is 44.8 Å². The number of rotatable bonds is 6. The maximum absolute atomic E-state index is 10.4. The van der Waals surface area contributed by atoms with Crippen molar-refractivity contribution < 1.29 is 9.84 Å². The number of benzene rings is 1. The van der Waals surface area contributed by atoms with Crippen molar-refractivity contribution in [2.24, 2.45) is 5.92 Å². The lowest BCUT2D eigenvalue weighted by atomic mass is 9.94. The third-order valence-corrected chi connectivity index (χ3v) is 4.46. The molecular weight excluding hydrogens is 276 g/mol. The van der Waals surface area contributed by atoms with Crippen molar-refractivity contribution >= 4 is 10.9 Å². The SMILES string of the molecule is CCOCCN1C[C@@H](Cc2ccnc3ccccc23)[C@@H](O)C1. The number of pyridine rings is 1. The molecule has 2 heterocycles. The van der Waals surface area contributed by atoms with Crippen molar-refractivity contribution in [2.45, 2.75) is 19.4 Å². The molecule has 0 aliphatic carbocycles. The first kappa shape index (κ1) is 15.4. The molecule has 1 aliphatic heterocycles. The molecule has 118 valence electrons. The fourth-order valence-electron chi connectivity index (χ4n) is 3.28. The first-order chi connectivity index (χ1) is 10.8. The number of para-hydroxylation sites is 1. The van der Waals surface area contributed by atoms with Crippen LogP contribution in [0, 0.1) is 5.92 Å². The molecule has 3 rings (SSSR count). The van der Waals surface area contributed by atoms with Crippen molar-refractivity contribution in [3.05, 3.63) is 42.1 Å². The number of aliphatic hydroxyl groups excluding tert-OH is 1. The van der Waals surface area contributed by atoms with Gasteiger partial charge in [0.05, 0.1) is 18.2 Å². The van der Waals surface area contributed by atoms with Gasteiger partial charge in [-0.3, -0.25) is 9.88 Å². The lowest BCUT2D eigenvalue weighted by molar-refractivity contribution is 0.112. The van der Waals surface area contributed by atoms with Gasteiger partial charge in [0, 0.05) is 43.7 Å². The summed E-state index contributed by atoms with van der Waals surface area (Å²) in [5.41, 5.74) is 2.31. The Morgan fingerprint density at radius 1 is 1.27 bits per heavy atom. The second-order valence-corrected chi connectivity index (χ2v) is 5.98. The van der Waals surface area contributed by atoms with E-state index < -0.39 is 0 Å². The Kier molecular flexibility index (Phi) is 5.03. The van der Waals surface area contributed by atoms with E-state index in [9.17, 15) is 5.11 Å². The molecule has 1 aliphatic rings. The summed E-state index contributed by atoms with van der Waals surface area (Å²) in [6.45, 7) is 6.09. The molecule has 0 unspecified atom stereocenters. The van der Waals surface area contributed by atoms with E-state index >= 15 is 0 Å². The predicted molar refractivity (Wildman–Crippen MR) is 87.9 cm³/mol. The number of hydrogen-bond acceptors (Lipinski definition) is 4. The minimum Gasteiger partial charge on any atom is -0.391 e. The number of hydrogen-bond donors (Lipinski definition) is 1. The van der Waals surface area contributed by atoms with Crippen LogP contribution in [-0.2, 0) is 11.2 Å².